The summed E-state index contributed by atoms with van der Waals surface area (Å²) < 4.78 is 28.9. The van der Waals surface area contributed by atoms with Gasteiger partial charge in [-0.05, 0) is 0 Å². The van der Waals surface area contributed by atoms with Crippen molar-refractivity contribution in [3.8, 4) is 0 Å². The molecule has 0 spiro atoms. The summed E-state index contributed by atoms with van der Waals surface area (Å²) in [7, 11) is 8.39. The maximum atomic E-state index is 9.08. The molecule has 0 saturated carbocycles. The first-order valence-corrected chi connectivity index (χ1v) is 7.67. The predicted octanol–water partition coefficient (Wildman–Crippen LogP) is -4.46. The number of likely N-dealkylation sites (N-methyl/N-ethyl adjacent to an activating group) is 2. The van der Waals surface area contributed by atoms with Gasteiger partial charge in [-0.2, -0.15) is 0 Å². The lowest BCUT2D eigenvalue weighted by molar-refractivity contribution is -0.870. The second-order valence-corrected chi connectivity index (χ2v) is 7.59. The van der Waals surface area contributed by atoms with Gasteiger partial charge in [-0.1, -0.05) is 0 Å². The third kappa shape index (κ3) is 81.0. The van der Waals surface area contributed by atoms with Gasteiger partial charge in [-0.25, -0.2) is 8.42 Å². The van der Waals surface area contributed by atoms with Crippen LogP contribution in [0.4, 0.5) is 0 Å². The smallest absolute Gasteiger partial charge is 0.101 e. The number of aliphatic hydroxyl groups is 2. The van der Waals surface area contributed by atoms with Crippen molar-refractivity contribution in [1.29, 1.82) is 0 Å². The summed E-state index contributed by atoms with van der Waals surface area (Å²) in [4.78, 5) is 0. The molecule has 0 aromatic heterocycles. The van der Waals surface area contributed by atoms with Crippen LogP contribution in [0.25, 0.3) is 0 Å². The van der Waals surface area contributed by atoms with Gasteiger partial charge in [0.25, 0.3) is 0 Å². The SMILES string of the molecule is CS(=O)(=O)[O-].C[N+](C)(C)CCO.C[N+](C)(C)CCO.[Cl-]. The Hall–Kier alpha value is 0.0400. The molecule has 0 aliphatic carbocycles. The molecular formula is C11H31ClN2O5S. The molecule has 20 heavy (non-hydrogen) atoms. The van der Waals surface area contributed by atoms with Crippen LogP contribution >= 0.6 is 0 Å². The van der Waals surface area contributed by atoms with Gasteiger partial charge in [0.15, 0.2) is 0 Å². The zero-order chi connectivity index (χ0) is 16.3. The Balaban J connectivity index is -0.0000000952. The highest BCUT2D eigenvalue weighted by molar-refractivity contribution is 7.84. The lowest BCUT2D eigenvalue weighted by atomic mass is 10.5. The highest BCUT2D eigenvalue weighted by Gasteiger charge is 2.02. The molecule has 0 aliphatic rings. The number of hydrogen-bond donors (Lipinski definition) is 2. The molecule has 128 valence electrons. The van der Waals surface area contributed by atoms with Crippen LogP contribution in [-0.2, 0) is 10.1 Å². The second kappa shape index (κ2) is 12.8. The van der Waals surface area contributed by atoms with Crippen LogP contribution in [0.1, 0.15) is 0 Å². The summed E-state index contributed by atoms with van der Waals surface area (Å²) in [5.74, 6) is 0. The highest BCUT2D eigenvalue weighted by atomic mass is 35.5. The van der Waals surface area contributed by atoms with Crippen molar-refractivity contribution >= 4 is 10.1 Å². The van der Waals surface area contributed by atoms with E-state index in [4.69, 9.17) is 23.2 Å². The first-order valence-electron chi connectivity index (χ1n) is 5.86. The van der Waals surface area contributed by atoms with Crippen LogP contribution in [0.5, 0.6) is 0 Å². The van der Waals surface area contributed by atoms with Crippen LogP contribution in [0.2, 0.25) is 0 Å². The Morgan fingerprint density at radius 1 is 0.850 bits per heavy atom. The number of halogens is 1. The fourth-order valence-corrected chi connectivity index (χ4v) is 0.600. The Labute approximate surface area is 130 Å². The van der Waals surface area contributed by atoms with Crippen molar-refractivity contribution in [1.82, 2.24) is 0 Å². The minimum absolute atomic E-state index is 0. The molecule has 0 rings (SSSR count). The monoisotopic (exact) mass is 338 g/mol. The van der Waals surface area contributed by atoms with Gasteiger partial charge in [0, 0.05) is 6.26 Å². The molecular weight excluding hydrogens is 308 g/mol. The van der Waals surface area contributed by atoms with E-state index in [1.807, 2.05) is 0 Å². The minimum Gasteiger partial charge on any atom is -1.00 e. The maximum Gasteiger partial charge on any atom is 0.101 e. The van der Waals surface area contributed by atoms with Crippen molar-refractivity contribution in [3.05, 3.63) is 0 Å². The van der Waals surface area contributed by atoms with E-state index in [1.54, 1.807) is 0 Å². The van der Waals surface area contributed by atoms with Crippen molar-refractivity contribution in [2.45, 2.75) is 0 Å². The molecule has 0 unspecified atom stereocenters. The number of rotatable bonds is 4. The maximum absolute atomic E-state index is 9.08. The quantitative estimate of drug-likeness (QED) is 0.398. The molecule has 0 fully saturated rings. The Kier molecular flexibility index (Phi) is 18.0. The number of hydrogen-bond acceptors (Lipinski definition) is 5. The largest absolute Gasteiger partial charge is 1.00 e. The Bertz CT molecular complexity index is 273. The van der Waals surface area contributed by atoms with Gasteiger partial charge in [-0.15, -0.1) is 0 Å². The summed E-state index contributed by atoms with van der Waals surface area (Å²) in [6.07, 6.45) is 0.604. The topological polar surface area (TPSA) is 97.7 Å². The second-order valence-electron chi connectivity index (χ2n) is 6.18. The Morgan fingerprint density at radius 2 is 1.00 bits per heavy atom. The zero-order valence-corrected chi connectivity index (χ0v) is 15.2. The van der Waals surface area contributed by atoms with Crippen LogP contribution < -0.4 is 12.4 Å². The lowest BCUT2D eigenvalue weighted by Crippen LogP contribution is -3.00. The van der Waals surface area contributed by atoms with Gasteiger partial charge in [-0.3, -0.25) is 0 Å². The molecule has 9 heteroatoms. The fraction of sp³-hybridized carbons (Fsp3) is 1.00. The first-order chi connectivity index (χ1) is 8.12. The van der Waals surface area contributed by atoms with Crippen molar-refractivity contribution in [2.75, 3.05) is 74.8 Å². The van der Waals surface area contributed by atoms with Crippen LogP contribution in [-0.4, -0.2) is 107 Å². The van der Waals surface area contributed by atoms with Crippen LogP contribution in [0, 0.1) is 0 Å². The van der Waals surface area contributed by atoms with Gasteiger partial charge >= 0.3 is 0 Å². The van der Waals surface area contributed by atoms with Crippen LogP contribution in [0.3, 0.4) is 0 Å². The van der Waals surface area contributed by atoms with E-state index >= 15 is 0 Å². The average Bonchev–Trinajstić information content (AvgIpc) is 1.95. The Morgan fingerprint density at radius 3 is 1.00 bits per heavy atom. The number of aliphatic hydroxyl groups excluding tert-OH is 2. The average molecular weight is 339 g/mol. The van der Waals surface area contributed by atoms with Gasteiger partial charge in [0.2, 0.25) is 0 Å². The van der Waals surface area contributed by atoms with E-state index in [9.17, 15) is 0 Å². The van der Waals surface area contributed by atoms with Gasteiger partial charge in [0.1, 0.15) is 13.1 Å². The van der Waals surface area contributed by atoms with Crippen molar-refractivity contribution in [3.63, 3.8) is 0 Å². The van der Waals surface area contributed by atoms with Crippen molar-refractivity contribution in [2.24, 2.45) is 0 Å². The molecule has 0 amide bonds. The lowest BCUT2D eigenvalue weighted by Gasteiger charge is -2.21. The van der Waals surface area contributed by atoms with E-state index in [-0.39, 0.29) is 25.6 Å². The molecule has 2 N–H and O–H groups in total. The molecule has 0 aromatic carbocycles. The zero-order valence-electron chi connectivity index (χ0n) is 13.6. The molecule has 0 radical (unpaired) electrons. The van der Waals surface area contributed by atoms with Gasteiger partial charge in [0.05, 0.1) is 65.6 Å². The highest BCUT2D eigenvalue weighted by Crippen LogP contribution is 1.85. The van der Waals surface area contributed by atoms with Gasteiger partial charge < -0.3 is 36.1 Å². The fourth-order valence-electron chi connectivity index (χ4n) is 0.600. The summed E-state index contributed by atoms with van der Waals surface area (Å²) in [5.41, 5.74) is 0. The molecule has 0 heterocycles. The van der Waals surface area contributed by atoms with E-state index < -0.39 is 10.1 Å². The molecule has 0 aliphatic heterocycles. The van der Waals surface area contributed by atoms with Crippen LogP contribution in [0.15, 0.2) is 0 Å². The summed E-state index contributed by atoms with van der Waals surface area (Å²) in [6.45, 7) is 2.23. The van der Waals surface area contributed by atoms with E-state index in [0.29, 0.717) is 6.26 Å². The third-order valence-electron chi connectivity index (χ3n) is 1.54. The molecule has 0 saturated heterocycles. The predicted molar refractivity (Wildman–Crippen MR) is 75.6 cm³/mol. The molecule has 0 bridgehead atoms. The summed E-state index contributed by atoms with van der Waals surface area (Å²) in [6, 6.07) is 0. The summed E-state index contributed by atoms with van der Waals surface area (Å²) in [5, 5.41) is 16.8. The van der Waals surface area contributed by atoms with E-state index in [0.717, 1.165) is 22.1 Å². The van der Waals surface area contributed by atoms with E-state index in [1.165, 1.54) is 0 Å². The standard InChI is InChI=1S/2C5H14NO.CH4O3S.ClH/c2*1-6(2,3)4-5-7;1-5(2,3)4;/h2*7H,4-5H2,1-3H3;1H3,(H,2,3,4);1H/q2*+1;;/p-2. The summed E-state index contributed by atoms with van der Waals surface area (Å²) >= 11 is 0. The molecule has 7 nitrogen and oxygen atoms in total. The third-order valence-corrected chi connectivity index (χ3v) is 1.54. The number of nitrogens with zero attached hydrogens (tertiary/aromatic N) is 2. The minimum atomic E-state index is -3.92. The normalized spacial score (nSPS) is 11.3. The molecule has 0 atom stereocenters. The number of quaternary nitrogens is 2. The van der Waals surface area contributed by atoms with E-state index in [2.05, 4.69) is 42.3 Å². The van der Waals surface area contributed by atoms with Crippen molar-refractivity contribution < 1.29 is 44.6 Å². The molecule has 0 aromatic rings. The first kappa shape index (κ1) is 28.2.